The van der Waals surface area contributed by atoms with Crippen LogP contribution < -0.4 is 0 Å². The lowest BCUT2D eigenvalue weighted by atomic mass is 10.1. The van der Waals surface area contributed by atoms with Crippen molar-refractivity contribution in [1.82, 2.24) is 14.7 Å². The lowest BCUT2D eigenvalue weighted by Crippen LogP contribution is -2.50. The number of carbonyl (C=O) groups is 1. The second kappa shape index (κ2) is 5.54. The van der Waals surface area contributed by atoms with Gasteiger partial charge in [0.25, 0.3) is 0 Å². The highest BCUT2D eigenvalue weighted by Crippen LogP contribution is 2.18. The van der Waals surface area contributed by atoms with E-state index in [-0.39, 0.29) is 18.1 Å². The molecule has 110 valence electrons. The lowest BCUT2D eigenvalue weighted by Gasteiger charge is -2.35. The minimum Gasteiger partial charge on any atom is -0.464 e. The Morgan fingerprint density at radius 3 is 2.90 bits per heavy atom. The number of carbonyl (C=O) groups excluding carboxylic acids is 1. The maximum Gasteiger partial charge on any atom is 0.323 e. The molecule has 2 aliphatic heterocycles. The number of esters is 1. The summed E-state index contributed by atoms with van der Waals surface area (Å²) in [6.45, 7) is 7.54. The van der Waals surface area contributed by atoms with Crippen molar-refractivity contribution >= 4 is 5.97 Å². The fourth-order valence-electron chi connectivity index (χ4n) is 3.01. The van der Waals surface area contributed by atoms with Gasteiger partial charge in [-0.25, -0.2) is 0 Å². The van der Waals surface area contributed by atoms with Gasteiger partial charge in [-0.05, 0) is 19.9 Å². The van der Waals surface area contributed by atoms with Gasteiger partial charge in [0.2, 0.25) is 0 Å². The number of hydrogen-bond donors (Lipinski definition) is 0. The summed E-state index contributed by atoms with van der Waals surface area (Å²) in [7, 11) is 0. The summed E-state index contributed by atoms with van der Waals surface area (Å²) in [6.07, 6.45) is 0.876. The van der Waals surface area contributed by atoms with Crippen molar-refractivity contribution in [1.29, 1.82) is 0 Å². The van der Waals surface area contributed by atoms with Crippen molar-refractivity contribution in [2.75, 3.05) is 26.3 Å². The van der Waals surface area contributed by atoms with E-state index in [1.54, 1.807) is 0 Å². The average molecular weight is 279 g/mol. The van der Waals surface area contributed by atoms with Gasteiger partial charge >= 0.3 is 5.97 Å². The molecule has 0 aliphatic carbocycles. The molecular formula is C14H21N3O3. The van der Waals surface area contributed by atoms with Crippen molar-refractivity contribution in [3.05, 3.63) is 17.5 Å². The first kappa shape index (κ1) is 13.6. The van der Waals surface area contributed by atoms with Crippen molar-refractivity contribution in [3.8, 4) is 0 Å². The van der Waals surface area contributed by atoms with Crippen LogP contribution in [-0.2, 0) is 20.8 Å². The van der Waals surface area contributed by atoms with Crippen LogP contribution in [0.5, 0.6) is 0 Å². The molecule has 3 rings (SSSR count). The van der Waals surface area contributed by atoms with E-state index in [0.29, 0.717) is 13.2 Å². The third kappa shape index (κ3) is 2.71. The molecule has 2 atom stereocenters. The predicted octanol–water partition coefficient (Wildman–Crippen LogP) is 0.516. The number of nitrogens with zero attached hydrogens (tertiary/aromatic N) is 3. The second-order valence-corrected chi connectivity index (χ2v) is 5.57. The van der Waals surface area contributed by atoms with Crippen LogP contribution in [0.4, 0.5) is 0 Å². The molecule has 1 aromatic heterocycles. The Labute approximate surface area is 118 Å². The molecule has 0 aromatic carbocycles. The number of rotatable bonds is 3. The number of aryl methyl sites for hydroxylation is 2. The normalized spacial score (nSPS) is 27.8. The fourth-order valence-corrected chi connectivity index (χ4v) is 3.01. The predicted molar refractivity (Wildman–Crippen MR) is 72.4 cm³/mol. The summed E-state index contributed by atoms with van der Waals surface area (Å²) in [4.78, 5) is 13.9. The zero-order valence-electron chi connectivity index (χ0n) is 12.0. The lowest BCUT2D eigenvalue weighted by molar-refractivity contribution is -0.144. The molecule has 0 radical (unpaired) electrons. The van der Waals surface area contributed by atoms with E-state index in [1.165, 1.54) is 0 Å². The van der Waals surface area contributed by atoms with E-state index in [1.807, 2.05) is 11.6 Å². The van der Waals surface area contributed by atoms with E-state index in [9.17, 15) is 4.79 Å². The molecule has 2 fully saturated rings. The molecule has 6 heteroatoms. The summed E-state index contributed by atoms with van der Waals surface area (Å²) in [5.41, 5.74) is 2.16. The quantitative estimate of drug-likeness (QED) is 0.755. The Balaban J connectivity index is 1.63. The molecule has 0 amide bonds. The summed E-state index contributed by atoms with van der Waals surface area (Å²) in [5, 5.41) is 4.47. The van der Waals surface area contributed by atoms with Gasteiger partial charge in [0.15, 0.2) is 0 Å². The van der Waals surface area contributed by atoms with Crippen LogP contribution in [0.15, 0.2) is 6.07 Å². The minimum atomic E-state index is -0.0863. The van der Waals surface area contributed by atoms with Gasteiger partial charge in [-0.15, -0.1) is 0 Å². The topological polar surface area (TPSA) is 56.6 Å². The molecule has 6 nitrogen and oxygen atoms in total. The van der Waals surface area contributed by atoms with Crippen LogP contribution >= 0.6 is 0 Å². The van der Waals surface area contributed by atoms with Gasteiger partial charge in [-0.3, -0.25) is 14.4 Å². The molecule has 2 aliphatic rings. The van der Waals surface area contributed by atoms with Gasteiger partial charge in [-0.2, -0.15) is 5.10 Å². The molecule has 2 saturated heterocycles. The molecule has 0 N–H and O–H groups in total. The van der Waals surface area contributed by atoms with Crippen LogP contribution in [0.3, 0.4) is 0 Å². The average Bonchev–Trinajstić information content (AvgIpc) is 2.96. The highest BCUT2D eigenvalue weighted by molar-refractivity contribution is 5.77. The van der Waals surface area contributed by atoms with E-state index in [2.05, 4.69) is 23.0 Å². The SMILES string of the molecule is Cc1cc(C)n(C[C@@H]2CN([C@H]3CCOC3=O)CCO2)n1. The molecule has 1 aromatic rings. The number of cyclic esters (lactones) is 1. The van der Waals surface area contributed by atoms with Crippen LogP contribution in [-0.4, -0.2) is 59.1 Å². The maximum absolute atomic E-state index is 11.7. The summed E-state index contributed by atoms with van der Waals surface area (Å²) in [5.74, 6) is -0.0863. The fraction of sp³-hybridized carbons (Fsp3) is 0.714. The Hall–Kier alpha value is -1.40. The van der Waals surface area contributed by atoms with Gasteiger partial charge in [0.1, 0.15) is 6.04 Å². The highest BCUT2D eigenvalue weighted by atomic mass is 16.5. The Morgan fingerprint density at radius 2 is 2.25 bits per heavy atom. The van der Waals surface area contributed by atoms with Crippen molar-refractivity contribution in [2.45, 2.75) is 39.0 Å². The summed E-state index contributed by atoms with van der Waals surface area (Å²) in [6, 6.07) is 1.98. The van der Waals surface area contributed by atoms with Gasteiger partial charge in [-0.1, -0.05) is 0 Å². The van der Waals surface area contributed by atoms with Gasteiger partial charge in [0, 0.05) is 25.2 Å². The molecule has 20 heavy (non-hydrogen) atoms. The standard InChI is InChI=1S/C14H21N3O3/c1-10-7-11(2)17(15-10)9-12-8-16(4-6-19-12)13-3-5-20-14(13)18/h7,12-13H,3-6,8-9H2,1-2H3/t12-,13-/m0/s1. The molecule has 3 heterocycles. The van der Waals surface area contributed by atoms with E-state index < -0.39 is 0 Å². The number of hydrogen-bond acceptors (Lipinski definition) is 5. The summed E-state index contributed by atoms with van der Waals surface area (Å²) < 4.78 is 12.9. The molecule has 0 saturated carbocycles. The maximum atomic E-state index is 11.7. The van der Waals surface area contributed by atoms with Crippen LogP contribution in [0.1, 0.15) is 17.8 Å². The first-order chi connectivity index (χ1) is 9.63. The molecular weight excluding hydrogens is 258 g/mol. The van der Waals surface area contributed by atoms with Gasteiger partial charge < -0.3 is 9.47 Å². The number of aromatic nitrogens is 2. The molecule has 0 spiro atoms. The highest BCUT2D eigenvalue weighted by Gasteiger charge is 2.35. The Morgan fingerprint density at radius 1 is 1.40 bits per heavy atom. The summed E-state index contributed by atoms with van der Waals surface area (Å²) >= 11 is 0. The zero-order valence-corrected chi connectivity index (χ0v) is 12.0. The second-order valence-electron chi connectivity index (χ2n) is 5.57. The first-order valence-electron chi connectivity index (χ1n) is 7.17. The van der Waals surface area contributed by atoms with E-state index in [0.717, 1.165) is 37.4 Å². The number of morpholine rings is 1. The van der Waals surface area contributed by atoms with Gasteiger partial charge in [0.05, 0.1) is 31.6 Å². The van der Waals surface area contributed by atoms with Crippen molar-refractivity contribution < 1.29 is 14.3 Å². The van der Waals surface area contributed by atoms with E-state index >= 15 is 0 Å². The molecule has 0 bridgehead atoms. The zero-order chi connectivity index (χ0) is 14.1. The van der Waals surface area contributed by atoms with E-state index in [4.69, 9.17) is 9.47 Å². The van der Waals surface area contributed by atoms with Crippen LogP contribution in [0.25, 0.3) is 0 Å². The number of ether oxygens (including phenoxy) is 2. The molecule has 0 unspecified atom stereocenters. The smallest absolute Gasteiger partial charge is 0.323 e. The van der Waals surface area contributed by atoms with Crippen LogP contribution in [0, 0.1) is 13.8 Å². The third-order valence-electron chi connectivity index (χ3n) is 4.00. The monoisotopic (exact) mass is 279 g/mol. The van der Waals surface area contributed by atoms with Crippen LogP contribution in [0.2, 0.25) is 0 Å². The van der Waals surface area contributed by atoms with Crippen molar-refractivity contribution in [2.24, 2.45) is 0 Å². The Bertz CT molecular complexity index is 500. The minimum absolute atomic E-state index is 0.0788. The largest absolute Gasteiger partial charge is 0.464 e. The third-order valence-corrected chi connectivity index (χ3v) is 4.00. The first-order valence-corrected chi connectivity index (χ1v) is 7.17. The Kier molecular flexibility index (Phi) is 3.76. The van der Waals surface area contributed by atoms with Crippen molar-refractivity contribution in [3.63, 3.8) is 0 Å².